The summed E-state index contributed by atoms with van der Waals surface area (Å²) in [5.41, 5.74) is 2.53. The van der Waals surface area contributed by atoms with Gasteiger partial charge in [0.1, 0.15) is 5.65 Å². The zero-order valence-electron chi connectivity index (χ0n) is 21.9. The number of hydrogen-bond donors (Lipinski definition) is 3. The second kappa shape index (κ2) is 11.6. The highest BCUT2D eigenvalue weighted by molar-refractivity contribution is 5.81. The van der Waals surface area contributed by atoms with E-state index in [0.717, 1.165) is 56.0 Å². The maximum absolute atomic E-state index is 10.1. The van der Waals surface area contributed by atoms with Crippen molar-refractivity contribution < 1.29 is 5.11 Å². The van der Waals surface area contributed by atoms with Crippen LogP contribution in [0.4, 0.5) is 5.95 Å². The number of likely N-dealkylation sites (tertiary alicyclic amines) is 1. The lowest BCUT2D eigenvalue weighted by Crippen LogP contribution is -2.39. The predicted molar refractivity (Wildman–Crippen MR) is 143 cm³/mol. The van der Waals surface area contributed by atoms with E-state index in [1.165, 1.54) is 69.4 Å². The monoisotopic (exact) mass is 482 g/mol. The van der Waals surface area contributed by atoms with Crippen molar-refractivity contribution >= 4 is 17.0 Å². The molecule has 7 heteroatoms. The van der Waals surface area contributed by atoms with Crippen LogP contribution in [0.5, 0.6) is 0 Å². The van der Waals surface area contributed by atoms with Gasteiger partial charge in [-0.25, -0.2) is 4.98 Å². The summed E-state index contributed by atoms with van der Waals surface area (Å²) < 4.78 is 2.44. The van der Waals surface area contributed by atoms with Gasteiger partial charge in [0.15, 0.2) is 0 Å². The lowest BCUT2D eigenvalue weighted by Gasteiger charge is -2.35. The second-order valence-electron chi connectivity index (χ2n) is 11.5. The van der Waals surface area contributed by atoms with Gasteiger partial charge in [0.2, 0.25) is 5.95 Å². The molecule has 3 aliphatic rings. The van der Waals surface area contributed by atoms with Crippen molar-refractivity contribution in [1.29, 1.82) is 0 Å². The van der Waals surface area contributed by atoms with Crippen molar-refractivity contribution in [2.45, 2.75) is 102 Å². The van der Waals surface area contributed by atoms with E-state index >= 15 is 0 Å². The number of rotatable bonds is 8. The van der Waals surface area contributed by atoms with Gasteiger partial charge in [-0.1, -0.05) is 13.3 Å². The lowest BCUT2D eigenvalue weighted by molar-refractivity contribution is 0.111. The van der Waals surface area contributed by atoms with E-state index < -0.39 is 0 Å². The predicted octanol–water partition coefficient (Wildman–Crippen LogP) is 4.69. The third kappa shape index (κ3) is 6.00. The van der Waals surface area contributed by atoms with Gasteiger partial charge in [0, 0.05) is 36.4 Å². The molecule has 3 fully saturated rings. The summed E-state index contributed by atoms with van der Waals surface area (Å²) in [6, 6.07) is 0.792. The van der Waals surface area contributed by atoms with E-state index in [1.54, 1.807) is 0 Å². The number of aliphatic hydroxyl groups is 1. The Balaban J connectivity index is 1.34. The Kier molecular flexibility index (Phi) is 8.25. The molecule has 2 aromatic heterocycles. The molecule has 1 saturated carbocycles. The lowest BCUT2D eigenvalue weighted by atomic mass is 9.88. The molecule has 2 saturated heterocycles. The van der Waals surface area contributed by atoms with Crippen LogP contribution in [0.3, 0.4) is 0 Å². The zero-order valence-corrected chi connectivity index (χ0v) is 21.9. The highest BCUT2D eigenvalue weighted by Gasteiger charge is 2.29. The number of anilines is 1. The third-order valence-electron chi connectivity index (χ3n) is 8.76. The van der Waals surface area contributed by atoms with Gasteiger partial charge in [-0.15, -0.1) is 0 Å². The first kappa shape index (κ1) is 25.0. The van der Waals surface area contributed by atoms with Crippen LogP contribution in [0, 0.1) is 5.92 Å². The molecule has 0 aromatic carbocycles. The number of piperidine rings is 2. The summed E-state index contributed by atoms with van der Waals surface area (Å²) in [6.45, 7) is 10.5. The molecule has 5 rings (SSSR count). The van der Waals surface area contributed by atoms with Crippen molar-refractivity contribution in [2.24, 2.45) is 5.92 Å². The molecule has 0 amide bonds. The molecular formula is C28H46N6O. The van der Waals surface area contributed by atoms with Gasteiger partial charge in [-0.2, -0.15) is 4.98 Å². The first-order valence-corrected chi connectivity index (χ1v) is 14.4. The van der Waals surface area contributed by atoms with Gasteiger partial charge in [0.25, 0.3) is 0 Å². The average Bonchev–Trinajstić information content (AvgIpc) is 3.24. The van der Waals surface area contributed by atoms with E-state index in [4.69, 9.17) is 9.97 Å². The van der Waals surface area contributed by atoms with Gasteiger partial charge in [-0.05, 0) is 108 Å². The molecule has 3 N–H and O–H groups in total. The first-order valence-electron chi connectivity index (χ1n) is 14.4. The van der Waals surface area contributed by atoms with Crippen LogP contribution >= 0.6 is 0 Å². The van der Waals surface area contributed by atoms with Gasteiger partial charge in [0.05, 0.1) is 6.10 Å². The number of fused-ring (bicyclic) bond motifs is 1. The van der Waals surface area contributed by atoms with Crippen LogP contribution in [-0.2, 0) is 0 Å². The van der Waals surface area contributed by atoms with Crippen LogP contribution < -0.4 is 10.6 Å². The molecule has 0 unspecified atom stereocenters. The molecule has 1 atom stereocenters. The Morgan fingerprint density at radius 3 is 2.54 bits per heavy atom. The van der Waals surface area contributed by atoms with Crippen LogP contribution in [0.25, 0.3) is 11.0 Å². The maximum atomic E-state index is 10.1. The molecular weight excluding hydrogens is 436 g/mol. The smallest absolute Gasteiger partial charge is 0.224 e. The van der Waals surface area contributed by atoms with Crippen molar-refractivity contribution in [3.8, 4) is 0 Å². The summed E-state index contributed by atoms with van der Waals surface area (Å²) in [5.74, 6) is 2.20. The highest BCUT2D eigenvalue weighted by Crippen LogP contribution is 2.38. The fourth-order valence-electron chi connectivity index (χ4n) is 6.64. The summed E-state index contributed by atoms with van der Waals surface area (Å²) >= 11 is 0. The molecule has 0 radical (unpaired) electrons. The Bertz CT molecular complexity index is 938. The van der Waals surface area contributed by atoms with Crippen LogP contribution in [0.15, 0.2) is 12.4 Å². The Morgan fingerprint density at radius 1 is 1.09 bits per heavy atom. The molecule has 194 valence electrons. The van der Waals surface area contributed by atoms with E-state index in [1.807, 2.05) is 0 Å². The topological polar surface area (TPSA) is 78.2 Å². The number of nitrogens with one attached hydrogen (secondary N) is 2. The van der Waals surface area contributed by atoms with Crippen molar-refractivity contribution in [2.75, 3.05) is 38.0 Å². The Hall–Kier alpha value is -1.70. The number of nitrogens with zero attached hydrogens (tertiary/aromatic N) is 4. The minimum Gasteiger partial charge on any atom is -0.393 e. The van der Waals surface area contributed by atoms with E-state index in [9.17, 15) is 5.11 Å². The fourth-order valence-corrected chi connectivity index (χ4v) is 6.64. The summed E-state index contributed by atoms with van der Waals surface area (Å²) in [7, 11) is 0. The minimum absolute atomic E-state index is 0.140. The molecule has 2 aliphatic heterocycles. The molecule has 2 aromatic rings. The SMILES string of the molecule is CCC[C@H](C)Nc1ncc2c(C3CCN(CC4CCNCC4)CC3)cn(C3CCC(O)CC3)c2n1. The second-order valence-corrected chi connectivity index (χ2v) is 11.5. The largest absolute Gasteiger partial charge is 0.393 e. The summed E-state index contributed by atoms with van der Waals surface area (Å²) in [6.07, 6.45) is 15.5. The van der Waals surface area contributed by atoms with Crippen LogP contribution in [0.2, 0.25) is 0 Å². The molecule has 35 heavy (non-hydrogen) atoms. The summed E-state index contributed by atoms with van der Waals surface area (Å²) in [5, 5.41) is 18.3. The molecule has 4 heterocycles. The van der Waals surface area contributed by atoms with Crippen LogP contribution in [-0.4, -0.2) is 69.4 Å². The van der Waals surface area contributed by atoms with Crippen molar-refractivity contribution in [3.63, 3.8) is 0 Å². The quantitative estimate of drug-likeness (QED) is 0.507. The van der Waals surface area contributed by atoms with Gasteiger partial charge < -0.3 is 25.2 Å². The maximum Gasteiger partial charge on any atom is 0.224 e. The third-order valence-corrected chi connectivity index (χ3v) is 8.76. The highest BCUT2D eigenvalue weighted by atomic mass is 16.3. The zero-order chi connectivity index (χ0) is 24.2. The van der Waals surface area contributed by atoms with Crippen molar-refractivity contribution in [3.05, 3.63) is 18.0 Å². The fraction of sp³-hybridized carbons (Fsp3) is 0.786. The Morgan fingerprint density at radius 2 is 1.83 bits per heavy atom. The summed E-state index contributed by atoms with van der Waals surface area (Å²) in [4.78, 5) is 12.5. The average molecular weight is 483 g/mol. The molecule has 0 bridgehead atoms. The minimum atomic E-state index is -0.140. The number of hydrogen-bond acceptors (Lipinski definition) is 6. The van der Waals surface area contributed by atoms with Gasteiger partial charge in [-0.3, -0.25) is 0 Å². The van der Waals surface area contributed by atoms with E-state index in [2.05, 4.69) is 46.3 Å². The number of aliphatic hydroxyl groups excluding tert-OH is 1. The van der Waals surface area contributed by atoms with Gasteiger partial charge >= 0.3 is 0 Å². The molecule has 0 spiro atoms. The number of aromatic nitrogens is 3. The molecule has 7 nitrogen and oxygen atoms in total. The molecule has 1 aliphatic carbocycles. The standard InChI is InChI=1S/C28H46N6O/c1-3-4-20(2)31-28-30-17-25-26(19-34(27(25)32-28)23-5-7-24(35)8-6-23)22-11-15-33(16-12-22)18-21-9-13-29-14-10-21/h17,19-24,29,35H,3-16,18H2,1-2H3,(H,30,31,32)/t20-,23?,24?/m0/s1. The van der Waals surface area contributed by atoms with E-state index in [0.29, 0.717) is 18.0 Å². The first-order chi connectivity index (χ1) is 17.1. The van der Waals surface area contributed by atoms with Crippen molar-refractivity contribution in [1.82, 2.24) is 24.8 Å². The normalized spacial score (nSPS) is 26.3. The van der Waals surface area contributed by atoms with Crippen LogP contribution in [0.1, 0.15) is 95.6 Å². The Labute approximate surface area is 211 Å². The van der Waals surface area contributed by atoms with E-state index in [-0.39, 0.29) is 6.10 Å².